The molecule has 5 heteroatoms. The molecule has 0 bridgehead atoms. The predicted octanol–water partition coefficient (Wildman–Crippen LogP) is 1.89. The number of hydrogen-bond acceptors (Lipinski definition) is 3. The van der Waals surface area contributed by atoms with E-state index in [1.165, 1.54) is 0 Å². The Hall–Kier alpha value is -1.51. The Kier molecular flexibility index (Phi) is 4.69. The number of anilines is 1. The van der Waals surface area contributed by atoms with E-state index in [1.807, 2.05) is 13.0 Å². The first-order valence-corrected chi connectivity index (χ1v) is 8.35. The number of aliphatic hydroxyl groups is 1. The van der Waals surface area contributed by atoms with E-state index in [0.29, 0.717) is 12.1 Å². The van der Waals surface area contributed by atoms with E-state index in [4.69, 9.17) is 5.11 Å². The van der Waals surface area contributed by atoms with Crippen LogP contribution in [0.2, 0.25) is 0 Å². The molecule has 1 aromatic carbocycles. The zero-order valence-corrected chi connectivity index (χ0v) is 12.3. The maximum Gasteiger partial charge on any atom is 0.235 e. The molecule has 0 amide bonds. The van der Waals surface area contributed by atoms with E-state index in [9.17, 15) is 8.42 Å². The molecule has 0 atom stereocenters. The number of aryl methyl sites for hydroxylation is 1. The molecule has 0 saturated heterocycles. The largest absolute Gasteiger partial charge is 0.395 e. The van der Waals surface area contributed by atoms with Gasteiger partial charge in [-0.05, 0) is 43.0 Å². The summed E-state index contributed by atoms with van der Waals surface area (Å²) in [4.78, 5) is 0. The van der Waals surface area contributed by atoms with Crippen molar-refractivity contribution in [2.75, 3.05) is 11.3 Å². The van der Waals surface area contributed by atoms with Crippen molar-refractivity contribution in [2.45, 2.75) is 37.9 Å². The van der Waals surface area contributed by atoms with Crippen LogP contribution >= 0.6 is 0 Å². The van der Waals surface area contributed by atoms with Gasteiger partial charge in [0.25, 0.3) is 0 Å². The van der Waals surface area contributed by atoms with Gasteiger partial charge in [0.2, 0.25) is 10.0 Å². The Balaban J connectivity index is 2.20. The Morgan fingerprint density at radius 1 is 1.40 bits per heavy atom. The van der Waals surface area contributed by atoms with Gasteiger partial charge in [-0.25, -0.2) is 8.42 Å². The summed E-state index contributed by atoms with van der Waals surface area (Å²) in [6.07, 6.45) is 2.68. The lowest BCUT2D eigenvalue weighted by Gasteiger charge is -2.11. The number of benzene rings is 1. The molecule has 1 saturated carbocycles. The molecule has 1 aliphatic carbocycles. The first-order chi connectivity index (χ1) is 9.56. The Bertz CT molecular complexity index is 637. The quantitative estimate of drug-likeness (QED) is 0.815. The van der Waals surface area contributed by atoms with Gasteiger partial charge >= 0.3 is 0 Å². The lowest BCUT2D eigenvalue weighted by Crippen LogP contribution is -2.18. The molecular formula is C15H19NO3S. The zero-order valence-electron chi connectivity index (χ0n) is 11.5. The smallest absolute Gasteiger partial charge is 0.235 e. The van der Waals surface area contributed by atoms with Gasteiger partial charge in [-0.3, -0.25) is 4.72 Å². The van der Waals surface area contributed by atoms with Gasteiger partial charge in [0.15, 0.2) is 0 Å². The molecule has 0 unspecified atom stereocenters. The molecule has 1 aromatic rings. The minimum Gasteiger partial charge on any atom is -0.395 e. The molecule has 20 heavy (non-hydrogen) atoms. The molecule has 1 fully saturated rings. The van der Waals surface area contributed by atoms with Crippen molar-refractivity contribution in [3.8, 4) is 11.8 Å². The minimum absolute atomic E-state index is 0.0485. The number of nitrogens with one attached hydrogen (secondary N) is 1. The summed E-state index contributed by atoms with van der Waals surface area (Å²) < 4.78 is 26.6. The summed E-state index contributed by atoms with van der Waals surface area (Å²) in [7, 11) is -3.23. The average molecular weight is 293 g/mol. The van der Waals surface area contributed by atoms with Gasteiger partial charge in [-0.15, -0.1) is 0 Å². The Labute approximate surface area is 120 Å². The fourth-order valence-electron chi connectivity index (χ4n) is 1.90. The lowest BCUT2D eigenvalue weighted by molar-refractivity contribution is 0.305. The maximum absolute atomic E-state index is 12.0. The van der Waals surface area contributed by atoms with E-state index in [-0.39, 0.29) is 11.9 Å². The highest BCUT2D eigenvalue weighted by Crippen LogP contribution is 2.30. The highest BCUT2D eigenvalue weighted by molar-refractivity contribution is 7.93. The fourth-order valence-corrected chi connectivity index (χ4v) is 3.33. The fraction of sp³-hybridized carbons (Fsp3) is 0.467. The molecule has 0 heterocycles. The van der Waals surface area contributed by atoms with Crippen LogP contribution in [0.25, 0.3) is 0 Å². The zero-order chi connectivity index (χ0) is 14.6. The van der Waals surface area contributed by atoms with Crippen LogP contribution in [-0.2, 0) is 16.4 Å². The number of rotatable bonds is 5. The predicted molar refractivity (Wildman–Crippen MR) is 80.0 cm³/mol. The highest BCUT2D eigenvalue weighted by atomic mass is 32.2. The molecular weight excluding hydrogens is 274 g/mol. The molecule has 0 aromatic heterocycles. The van der Waals surface area contributed by atoms with E-state index in [0.717, 1.165) is 30.4 Å². The second-order valence-corrected chi connectivity index (χ2v) is 6.81. The van der Waals surface area contributed by atoms with Crippen molar-refractivity contribution in [2.24, 2.45) is 0 Å². The van der Waals surface area contributed by atoms with Gasteiger partial charge in [0.05, 0.1) is 17.5 Å². The van der Waals surface area contributed by atoms with Gasteiger partial charge < -0.3 is 5.11 Å². The average Bonchev–Trinajstić information content (AvgIpc) is 3.25. The summed E-state index contributed by atoms with van der Waals surface area (Å²) in [5, 5.41) is 8.47. The Morgan fingerprint density at radius 2 is 2.15 bits per heavy atom. The molecule has 0 radical (unpaired) electrons. The summed E-state index contributed by atoms with van der Waals surface area (Å²) >= 11 is 0. The maximum atomic E-state index is 12.0. The molecule has 2 N–H and O–H groups in total. The molecule has 1 aliphatic rings. The van der Waals surface area contributed by atoms with Crippen LogP contribution in [-0.4, -0.2) is 25.4 Å². The molecule has 0 spiro atoms. The van der Waals surface area contributed by atoms with E-state index in [1.54, 1.807) is 12.1 Å². The van der Waals surface area contributed by atoms with E-state index < -0.39 is 10.0 Å². The van der Waals surface area contributed by atoms with Crippen LogP contribution in [0, 0.1) is 11.8 Å². The Morgan fingerprint density at radius 3 is 2.75 bits per heavy atom. The molecule has 0 aliphatic heterocycles. The van der Waals surface area contributed by atoms with Crippen LogP contribution in [0.5, 0.6) is 0 Å². The van der Waals surface area contributed by atoms with Crippen molar-refractivity contribution < 1.29 is 13.5 Å². The third kappa shape index (κ3) is 3.75. The summed E-state index contributed by atoms with van der Waals surface area (Å²) in [5.74, 6) is 5.82. The summed E-state index contributed by atoms with van der Waals surface area (Å²) in [6, 6.07) is 5.46. The van der Waals surface area contributed by atoms with Crippen LogP contribution in [0.15, 0.2) is 18.2 Å². The van der Waals surface area contributed by atoms with Gasteiger partial charge in [-0.1, -0.05) is 18.8 Å². The normalized spacial score (nSPS) is 14.5. The van der Waals surface area contributed by atoms with Gasteiger partial charge in [-0.2, -0.15) is 0 Å². The third-order valence-corrected chi connectivity index (χ3v) is 5.02. The third-order valence-electron chi connectivity index (χ3n) is 3.17. The van der Waals surface area contributed by atoms with E-state index >= 15 is 0 Å². The van der Waals surface area contributed by atoms with Gasteiger partial charge in [0, 0.05) is 12.0 Å². The lowest BCUT2D eigenvalue weighted by atomic mass is 10.1. The van der Waals surface area contributed by atoms with Gasteiger partial charge in [0.1, 0.15) is 0 Å². The minimum atomic E-state index is -3.23. The van der Waals surface area contributed by atoms with Crippen LogP contribution in [0.4, 0.5) is 5.69 Å². The van der Waals surface area contributed by atoms with E-state index in [2.05, 4.69) is 16.6 Å². The first kappa shape index (κ1) is 14.9. The van der Waals surface area contributed by atoms with Crippen LogP contribution in [0.1, 0.15) is 37.3 Å². The summed E-state index contributed by atoms with van der Waals surface area (Å²) in [6.45, 7) is 2.03. The second-order valence-electron chi connectivity index (χ2n) is 4.85. The summed E-state index contributed by atoms with van der Waals surface area (Å²) in [5.41, 5.74) is 2.42. The van der Waals surface area contributed by atoms with Crippen molar-refractivity contribution in [3.05, 3.63) is 29.3 Å². The highest BCUT2D eigenvalue weighted by Gasteiger charge is 2.35. The van der Waals surface area contributed by atoms with Crippen molar-refractivity contribution in [3.63, 3.8) is 0 Å². The number of sulfonamides is 1. The number of aliphatic hydroxyl groups excluding tert-OH is 1. The molecule has 4 nitrogen and oxygen atoms in total. The van der Waals surface area contributed by atoms with Crippen LogP contribution < -0.4 is 4.72 Å². The van der Waals surface area contributed by atoms with Crippen molar-refractivity contribution in [1.29, 1.82) is 0 Å². The monoisotopic (exact) mass is 293 g/mol. The standard InChI is InChI=1S/C15H19NO3S/c1-2-13-11-12(5-3-4-10-17)6-9-15(13)16-20(18,19)14-7-8-14/h6,9,11,14,16-17H,2,4,7-8,10H2,1H3. The molecule has 108 valence electrons. The molecule has 2 rings (SSSR count). The van der Waals surface area contributed by atoms with Crippen molar-refractivity contribution >= 4 is 15.7 Å². The second kappa shape index (κ2) is 6.29. The van der Waals surface area contributed by atoms with Crippen LogP contribution in [0.3, 0.4) is 0 Å². The first-order valence-electron chi connectivity index (χ1n) is 6.81. The van der Waals surface area contributed by atoms with Crippen molar-refractivity contribution in [1.82, 2.24) is 0 Å². The number of hydrogen-bond donors (Lipinski definition) is 2. The topological polar surface area (TPSA) is 66.4 Å². The SMILES string of the molecule is CCc1cc(C#CCCO)ccc1NS(=O)(=O)C1CC1.